The Labute approximate surface area is 123 Å². The predicted molar refractivity (Wildman–Crippen MR) is 73.6 cm³/mol. The summed E-state index contributed by atoms with van der Waals surface area (Å²) in [5.41, 5.74) is -0.881. The molecule has 0 aliphatic rings. The van der Waals surface area contributed by atoms with Gasteiger partial charge in [0.05, 0.1) is 16.9 Å². The molecule has 114 valence electrons. The van der Waals surface area contributed by atoms with E-state index < -0.39 is 18.9 Å². The van der Waals surface area contributed by atoms with Crippen LogP contribution in [-0.4, -0.2) is 22.3 Å². The molecule has 0 aromatic heterocycles. The van der Waals surface area contributed by atoms with Crippen LogP contribution in [0.5, 0.6) is 5.75 Å². The van der Waals surface area contributed by atoms with Crippen molar-refractivity contribution in [3.05, 3.63) is 48.0 Å². The average Bonchev–Trinajstić information content (AvgIpc) is 2.45. The molecule has 0 unspecified atom stereocenters. The zero-order chi connectivity index (χ0) is 16.3. The molecule has 0 bridgehead atoms. The second-order valence-corrected chi connectivity index (χ2v) is 4.36. The van der Waals surface area contributed by atoms with E-state index in [1.54, 1.807) is 0 Å². The summed E-state index contributed by atoms with van der Waals surface area (Å²) in [7, 11) is -1.90. The summed E-state index contributed by atoms with van der Waals surface area (Å²) in [5.74, 6) is -0.340. The molecular weight excluding hydrogens is 300 g/mol. The second kappa shape index (κ2) is 6.16. The van der Waals surface area contributed by atoms with E-state index in [1.165, 1.54) is 24.3 Å². The van der Waals surface area contributed by atoms with Gasteiger partial charge in [0.25, 0.3) is 0 Å². The van der Waals surface area contributed by atoms with E-state index in [0.717, 1.165) is 18.2 Å². The smallest absolute Gasteiger partial charge is 0.492 e. The lowest BCUT2D eigenvalue weighted by Crippen LogP contribution is -2.29. The van der Waals surface area contributed by atoms with Crippen LogP contribution in [0.4, 0.5) is 24.5 Å². The van der Waals surface area contributed by atoms with Crippen LogP contribution < -0.4 is 5.46 Å². The summed E-state index contributed by atoms with van der Waals surface area (Å²) in [6.45, 7) is 0. The zero-order valence-corrected chi connectivity index (χ0v) is 11.0. The molecule has 0 aliphatic heterocycles. The fourth-order valence-corrected chi connectivity index (χ4v) is 1.67. The molecule has 2 aromatic carbocycles. The van der Waals surface area contributed by atoms with Crippen molar-refractivity contribution < 1.29 is 28.3 Å². The first-order valence-electron chi connectivity index (χ1n) is 6.05. The molecule has 2 aromatic rings. The number of hydrogen-bond acceptors (Lipinski definition) is 5. The molecule has 0 atom stereocenters. The molecule has 3 N–H and O–H groups in total. The molecule has 0 aliphatic carbocycles. The van der Waals surface area contributed by atoms with Gasteiger partial charge in [0.2, 0.25) is 0 Å². The van der Waals surface area contributed by atoms with E-state index in [1.807, 2.05) is 0 Å². The fourth-order valence-electron chi connectivity index (χ4n) is 1.67. The van der Waals surface area contributed by atoms with Gasteiger partial charge < -0.3 is 15.2 Å². The summed E-state index contributed by atoms with van der Waals surface area (Å²) < 4.78 is 37.7. The van der Waals surface area contributed by atoms with E-state index in [0.29, 0.717) is 0 Å². The monoisotopic (exact) mass is 310 g/mol. The lowest BCUT2D eigenvalue weighted by molar-refractivity contribution is -0.137. The molecule has 9 heteroatoms. The van der Waals surface area contributed by atoms with Crippen LogP contribution in [0.1, 0.15) is 5.56 Å². The third-order valence-corrected chi connectivity index (χ3v) is 2.74. The molecule has 2 rings (SSSR count). The van der Waals surface area contributed by atoms with Crippen LogP contribution in [0.3, 0.4) is 0 Å². The van der Waals surface area contributed by atoms with E-state index in [4.69, 9.17) is 10.0 Å². The van der Waals surface area contributed by atoms with Gasteiger partial charge in [-0.3, -0.25) is 0 Å². The Hall–Kier alpha value is -2.39. The van der Waals surface area contributed by atoms with E-state index >= 15 is 0 Å². The maximum Gasteiger partial charge on any atom is 0.492 e. The number of alkyl halides is 3. The molecule has 5 nitrogen and oxygen atoms in total. The summed E-state index contributed by atoms with van der Waals surface area (Å²) >= 11 is 0. The lowest BCUT2D eigenvalue weighted by Gasteiger charge is -2.06. The van der Waals surface area contributed by atoms with Crippen LogP contribution in [0, 0.1) is 0 Å². The second-order valence-electron chi connectivity index (χ2n) is 4.36. The number of benzene rings is 2. The number of rotatable bonds is 3. The lowest BCUT2D eigenvalue weighted by atomic mass is 9.79. The topological polar surface area (TPSA) is 85.4 Å². The van der Waals surface area contributed by atoms with E-state index in [9.17, 15) is 18.3 Å². The van der Waals surface area contributed by atoms with E-state index in [-0.39, 0.29) is 22.6 Å². The normalized spacial score (nSPS) is 11.9. The Morgan fingerprint density at radius 1 is 0.909 bits per heavy atom. The number of phenolic OH excluding ortho intramolecular Hbond substituents is 1. The highest BCUT2D eigenvalue weighted by Gasteiger charge is 2.30. The minimum atomic E-state index is -4.47. The Morgan fingerprint density at radius 3 is 2.14 bits per heavy atom. The maximum absolute atomic E-state index is 12.6. The summed E-state index contributed by atoms with van der Waals surface area (Å²) in [4.78, 5) is 0. The molecule has 0 amide bonds. The molecular formula is C13H10BF3N2O3. The fraction of sp³-hybridized carbons (Fsp3) is 0.0769. The number of azo groups is 1. The molecule has 22 heavy (non-hydrogen) atoms. The third kappa shape index (κ3) is 3.83. The van der Waals surface area contributed by atoms with Gasteiger partial charge in [-0.15, -0.1) is 0 Å². The van der Waals surface area contributed by atoms with E-state index in [2.05, 4.69) is 10.2 Å². The molecule has 0 spiro atoms. The van der Waals surface area contributed by atoms with Gasteiger partial charge in [-0.2, -0.15) is 23.4 Å². The highest BCUT2D eigenvalue weighted by atomic mass is 19.4. The van der Waals surface area contributed by atoms with Crippen LogP contribution in [0.2, 0.25) is 0 Å². The quantitative estimate of drug-likeness (QED) is 0.601. The first-order valence-corrected chi connectivity index (χ1v) is 6.05. The summed E-state index contributed by atoms with van der Waals surface area (Å²) in [5, 5.41) is 34.8. The van der Waals surface area contributed by atoms with Crippen molar-refractivity contribution in [3.8, 4) is 5.75 Å². The number of phenols is 1. The standard InChI is InChI=1S/C13H10BF3N2O3/c15-13(16,17)8-2-1-3-9(6-8)18-19-10-4-5-12(20)11(7-10)14(21)22/h1-7,20-22H/b19-18+. The van der Waals surface area contributed by atoms with Gasteiger partial charge in [0.1, 0.15) is 5.75 Å². The Balaban J connectivity index is 2.28. The van der Waals surface area contributed by atoms with Crippen molar-refractivity contribution in [2.24, 2.45) is 10.2 Å². The first kappa shape index (κ1) is 16.0. The van der Waals surface area contributed by atoms with Gasteiger partial charge in [-0.1, -0.05) is 6.07 Å². The number of hydrogen-bond donors (Lipinski definition) is 3. The van der Waals surface area contributed by atoms with Crippen molar-refractivity contribution in [1.29, 1.82) is 0 Å². The molecule has 0 saturated carbocycles. The molecule has 0 fully saturated rings. The minimum Gasteiger partial charge on any atom is -0.508 e. The predicted octanol–water partition coefficient (Wildman–Crippen LogP) is 2.51. The summed E-state index contributed by atoms with van der Waals surface area (Å²) in [6, 6.07) is 7.98. The third-order valence-electron chi connectivity index (χ3n) is 2.74. The van der Waals surface area contributed by atoms with Gasteiger partial charge in [-0.05, 0) is 36.4 Å². The number of halogens is 3. The van der Waals surface area contributed by atoms with Gasteiger partial charge in [0.15, 0.2) is 0 Å². The largest absolute Gasteiger partial charge is 0.508 e. The van der Waals surface area contributed by atoms with Crippen molar-refractivity contribution in [1.82, 2.24) is 0 Å². The van der Waals surface area contributed by atoms with Gasteiger partial charge >= 0.3 is 13.3 Å². The molecule has 0 radical (unpaired) electrons. The van der Waals surface area contributed by atoms with Crippen molar-refractivity contribution in [2.45, 2.75) is 6.18 Å². The SMILES string of the molecule is OB(O)c1cc(/N=N/c2cccc(C(F)(F)F)c2)ccc1O. The van der Waals surface area contributed by atoms with Gasteiger partial charge in [-0.25, -0.2) is 0 Å². The van der Waals surface area contributed by atoms with Crippen molar-refractivity contribution in [3.63, 3.8) is 0 Å². The maximum atomic E-state index is 12.6. The Kier molecular flexibility index (Phi) is 4.48. The zero-order valence-electron chi connectivity index (χ0n) is 11.0. The van der Waals surface area contributed by atoms with Crippen LogP contribution in [0.25, 0.3) is 0 Å². The van der Waals surface area contributed by atoms with Crippen molar-refractivity contribution >= 4 is 24.0 Å². The van der Waals surface area contributed by atoms with Crippen LogP contribution >= 0.6 is 0 Å². The van der Waals surface area contributed by atoms with Crippen molar-refractivity contribution in [2.75, 3.05) is 0 Å². The highest BCUT2D eigenvalue weighted by molar-refractivity contribution is 6.59. The molecule has 0 saturated heterocycles. The van der Waals surface area contributed by atoms with Gasteiger partial charge in [0, 0.05) is 5.46 Å². The average molecular weight is 310 g/mol. The highest BCUT2D eigenvalue weighted by Crippen LogP contribution is 2.31. The Morgan fingerprint density at radius 2 is 1.55 bits per heavy atom. The van der Waals surface area contributed by atoms with Crippen LogP contribution in [0.15, 0.2) is 52.7 Å². The number of nitrogens with zero attached hydrogens (tertiary/aromatic N) is 2. The number of aromatic hydroxyl groups is 1. The first-order chi connectivity index (χ1) is 10.3. The summed E-state index contributed by atoms with van der Waals surface area (Å²) in [6.07, 6.45) is -4.47. The Bertz CT molecular complexity index is 705. The van der Waals surface area contributed by atoms with Crippen LogP contribution in [-0.2, 0) is 6.18 Å². The minimum absolute atomic E-state index is 0.00556. The molecule has 0 heterocycles.